The second-order valence-corrected chi connectivity index (χ2v) is 5.02. The number of hydrogen-bond donors (Lipinski definition) is 2. The number of β-amino-alcohol motifs (C(OH)–C–C–N with tert-alkyl or cyclic N) is 1. The highest BCUT2D eigenvalue weighted by Crippen LogP contribution is 2.21. The van der Waals surface area contributed by atoms with E-state index in [1.54, 1.807) is 16.2 Å². The summed E-state index contributed by atoms with van der Waals surface area (Å²) in [6, 6.07) is 3.75. The van der Waals surface area contributed by atoms with Gasteiger partial charge in [-0.2, -0.15) is 0 Å². The van der Waals surface area contributed by atoms with Gasteiger partial charge in [-0.25, -0.2) is 4.79 Å². The molecule has 0 radical (unpaired) electrons. The van der Waals surface area contributed by atoms with E-state index in [0.29, 0.717) is 19.5 Å². The molecular weight excluding hydrogens is 212 g/mol. The second kappa shape index (κ2) is 4.20. The minimum atomic E-state index is -0.360. The SMILES string of the molecule is Cc1ccc(NC(=O)N2CC[C@H](O)C2)s1. The minimum absolute atomic E-state index is 0.117. The summed E-state index contributed by atoms with van der Waals surface area (Å²) < 4.78 is 0. The lowest BCUT2D eigenvalue weighted by molar-refractivity contribution is 0.176. The van der Waals surface area contributed by atoms with Crippen molar-refractivity contribution in [2.24, 2.45) is 0 Å². The van der Waals surface area contributed by atoms with Crippen LogP contribution in [0.1, 0.15) is 11.3 Å². The van der Waals surface area contributed by atoms with Crippen molar-refractivity contribution in [1.82, 2.24) is 4.90 Å². The Morgan fingerprint density at radius 2 is 2.47 bits per heavy atom. The zero-order chi connectivity index (χ0) is 10.8. The molecule has 1 aliphatic rings. The molecule has 0 spiro atoms. The number of aliphatic hydroxyl groups is 1. The molecule has 0 aromatic carbocycles. The molecule has 15 heavy (non-hydrogen) atoms. The van der Waals surface area contributed by atoms with Crippen molar-refractivity contribution in [3.63, 3.8) is 0 Å². The van der Waals surface area contributed by atoms with Gasteiger partial charge in [0.2, 0.25) is 0 Å². The molecule has 1 saturated heterocycles. The second-order valence-electron chi connectivity index (χ2n) is 3.73. The summed E-state index contributed by atoms with van der Waals surface area (Å²) in [5, 5.41) is 13.0. The van der Waals surface area contributed by atoms with Crippen LogP contribution in [-0.4, -0.2) is 35.2 Å². The van der Waals surface area contributed by atoms with Crippen LogP contribution in [0.15, 0.2) is 12.1 Å². The number of aryl methyl sites for hydroxylation is 1. The molecule has 1 aromatic rings. The smallest absolute Gasteiger partial charge is 0.322 e. The first-order chi connectivity index (χ1) is 7.15. The molecule has 0 aliphatic carbocycles. The van der Waals surface area contributed by atoms with E-state index in [1.165, 1.54) is 4.88 Å². The first-order valence-electron chi connectivity index (χ1n) is 4.95. The normalized spacial score (nSPS) is 20.7. The molecule has 82 valence electrons. The predicted octanol–water partition coefficient (Wildman–Crippen LogP) is 1.66. The van der Waals surface area contributed by atoms with Crippen molar-refractivity contribution in [3.8, 4) is 0 Å². The van der Waals surface area contributed by atoms with Gasteiger partial charge in [0.15, 0.2) is 0 Å². The summed E-state index contributed by atoms with van der Waals surface area (Å²) in [5.41, 5.74) is 0. The van der Waals surface area contributed by atoms with Crippen molar-refractivity contribution >= 4 is 22.4 Å². The zero-order valence-electron chi connectivity index (χ0n) is 8.56. The number of thiophene rings is 1. The number of anilines is 1. The molecule has 1 aliphatic heterocycles. The van der Waals surface area contributed by atoms with Crippen molar-refractivity contribution in [3.05, 3.63) is 17.0 Å². The van der Waals surface area contributed by atoms with Crippen LogP contribution >= 0.6 is 11.3 Å². The van der Waals surface area contributed by atoms with Crippen molar-refractivity contribution in [2.75, 3.05) is 18.4 Å². The summed E-state index contributed by atoms with van der Waals surface area (Å²) in [6.45, 7) is 3.08. The average molecular weight is 226 g/mol. The Morgan fingerprint density at radius 1 is 1.67 bits per heavy atom. The third kappa shape index (κ3) is 2.49. The van der Waals surface area contributed by atoms with Crippen LogP contribution in [0.3, 0.4) is 0 Å². The van der Waals surface area contributed by atoms with Gasteiger partial charge < -0.3 is 10.0 Å². The number of nitrogens with one attached hydrogen (secondary N) is 1. The van der Waals surface area contributed by atoms with Crippen molar-refractivity contribution < 1.29 is 9.90 Å². The van der Waals surface area contributed by atoms with E-state index in [4.69, 9.17) is 0 Å². The quantitative estimate of drug-likeness (QED) is 0.765. The van der Waals surface area contributed by atoms with Crippen molar-refractivity contribution in [2.45, 2.75) is 19.4 Å². The lowest BCUT2D eigenvalue weighted by atomic mass is 10.3. The Morgan fingerprint density at radius 3 is 3.00 bits per heavy atom. The van der Waals surface area contributed by atoms with Crippen LogP contribution in [0.5, 0.6) is 0 Å². The van der Waals surface area contributed by atoms with Crippen LogP contribution in [0.25, 0.3) is 0 Å². The molecule has 1 fully saturated rings. The third-order valence-electron chi connectivity index (χ3n) is 2.42. The summed E-state index contributed by atoms with van der Waals surface area (Å²) in [5.74, 6) is 0. The first-order valence-corrected chi connectivity index (χ1v) is 5.77. The number of carbonyl (C=O) groups excluding carboxylic acids is 1. The Kier molecular flexibility index (Phi) is 2.93. The number of aliphatic hydroxyl groups excluding tert-OH is 1. The highest BCUT2D eigenvalue weighted by molar-refractivity contribution is 7.16. The third-order valence-corrected chi connectivity index (χ3v) is 3.34. The molecule has 2 rings (SSSR count). The van der Waals surface area contributed by atoms with E-state index >= 15 is 0 Å². The largest absolute Gasteiger partial charge is 0.391 e. The van der Waals surface area contributed by atoms with E-state index in [2.05, 4.69) is 5.32 Å². The van der Waals surface area contributed by atoms with E-state index in [-0.39, 0.29) is 12.1 Å². The molecule has 4 nitrogen and oxygen atoms in total. The summed E-state index contributed by atoms with van der Waals surface area (Å²) in [7, 11) is 0. The van der Waals surface area contributed by atoms with Gasteiger partial charge in [-0.15, -0.1) is 11.3 Å². The molecule has 0 unspecified atom stereocenters. The first kappa shape index (κ1) is 10.4. The van der Waals surface area contributed by atoms with Gasteiger partial charge in [0.1, 0.15) is 0 Å². The summed E-state index contributed by atoms with van der Waals surface area (Å²) in [4.78, 5) is 14.5. The fraction of sp³-hybridized carbons (Fsp3) is 0.500. The molecule has 0 saturated carbocycles. The highest BCUT2D eigenvalue weighted by atomic mass is 32.1. The Balaban J connectivity index is 1.92. The summed E-state index contributed by atoms with van der Waals surface area (Å²) >= 11 is 1.55. The van der Waals surface area contributed by atoms with Crippen molar-refractivity contribution in [1.29, 1.82) is 0 Å². The van der Waals surface area contributed by atoms with Crippen LogP contribution in [0.4, 0.5) is 9.80 Å². The lowest BCUT2D eigenvalue weighted by Gasteiger charge is -2.15. The van der Waals surface area contributed by atoms with Crippen LogP contribution in [0.2, 0.25) is 0 Å². The fourth-order valence-corrected chi connectivity index (χ4v) is 2.37. The van der Waals surface area contributed by atoms with E-state index in [9.17, 15) is 9.90 Å². The molecule has 1 atom stereocenters. The Bertz CT molecular complexity index is 364. The maximum atomic E-state index is 11.7. The molecule has 2 N–H and O–H groups in total. The van der Waals surface area contributed by atoms with E-state index in [0.717, 1.165) is 5.00 Å². The monoisotopic (exact) mass is 226 g/mol. The van der Waals surface area contributed by atoms with Crippen LogP contribution in [0, 0.1) is 6.92 Å². The molecular formula is C10H14N2O2S. The average Bonchev–Trinajstić information content (AvgIpc) is 2.75. The van der Waals surface area contributed by atoms with Crippen LogP contribution < -0.4 is 5.32 Å². The number of amides is 2. The van der Waals surface area contributed by atoms with Gasteiger partial charge in [0.25, 0.3) is 0 Å². The van der Waals surface area contributed by atoms with E-state index < -0.39 is 0 Å². The molecule has 2 amide bonds. The fourth-order valence-electron chi connectivity index (χ4n) is 1.61. The van der Waals surface area contributed by atoms with Gasteiger partial charge in [-0.05, 0) is 25.5 Å². The molecule has 0 bridgehead atoms. The number of rotatable bonds is 1. The number of urea groups is 1. The topological polar surface area (TPSA) is 52.6 Å². The zero-order valence-corrected chi connectivity index (χ0v) is 9.38. The number of likely N-dealkylation sites (tertiary alicyclic amines) is 1. The Labute approximate surface area is 92.5 Å². The van der Waals surface area contributed by atoms with Gasteiger partial charge in [0.05, 0.1) is 11.1 Å². The number of nitrogens with zero attached hydrogens (tertiary/aromatic N) is 1. The molecule has 2 heterocycles. The minimum Gasteiger partial charge on any atom is -0.391 e. The maximum absolute atomic E-state index is 11.7. The number of hydrogen-bond acceptors (Lipinski definition) is 3. The lowest BCUT2D eigenvalue weighted by Crippen LogP contribution is -2.33. The van der Waals surface area contributed by atoms with Gasteiger partial charge in [-0.3, -0.25) is 5.32 Å². The van der Waals surface area contributed by atoms with Gasteiger partial charge >= 0.3 is 6.03 Å². The van der Waals surface area contributed by atoms with Crippen LogP contribution in [-0.2, 0) is 0 Å². The Hall–Kier alpha value is -1.07. The van der Waals surface area contributed by atoms with Gasteiger partial charge in [-0.1, -0.05) is 0 Å². The van der Waals surface area contributed by atoms with Gasteiger partial charge in [0, 0.05) is 18.0 Å². The standard InChI is InChI=1S/C10H14N2O2S/c1-7-2-3-9(15-7)11-10(14)12-5-4-8(13)6-12/h2-3,8,13H,4-6H2,1H3,(H,11,14)/t8-/m0/s1. The maximum Gasteiger partial charge on any atom is 0.322 e. The van der Waals surface area contributed by atoms with E-state index in [1.807, 2.05) is 19.1 Å². The molecule has 5 heteroatoms. The molecule has 1 aromatic heterocycles. The highest BCUT2D eigenvalue weighted by Gasteiger charge is 2.24. The number of carbonyl (C=O) groups is 1. The predicted molar refractivity (Wildman–Crippen MR) is 60.3 cm³/mol. The summed E-state index contributed by atoms with van der Waals surface area (Å²) in [6.07, 6.45) is 0.317.